The highest BCUT2D eigenvalue weighted by Gasteiger charge is 2.19. The molecule has 1 fully saturated rings. The fraction of sp³-hybridized carbons (Fsp3) is 0.533. The van der Waals surface area contributed by atoms with Crippen LogP contribution in [0.15, 0.2) is 12.1 Å². The van der Waals surface area contributed by atoms with Gasteiger partial charge in [0, 0.05) is 31.4 Å². The lowest BCUT2D eigenvalue weighted by Gasteiger charge is -2.30. The quantitative estimate of drug-likeness (QED) is 0.889. The predicted molar refractivity (Wildman–Crippen MR) is 82.0 cm³/mol. The maximum atomic E-state index is 12.3. The summed E-state index contributed by atoms with van der Waals surface area (Å²) in [6, 6.07) is 3.62. The van der Waals surface area contributed by atoms with Crippen molar-refractivity contribution in [3.63, 3.8) is 0 Å². The van der Waals surface area contributed by atoms with Gasteiger partial charge in [-0.2, -0.15) is 5.10 Å². The van der Waals surface area contributed by atoms with Gasteiger partial charge in [-0.15, -0.1) is 0 Å². The Kier molecular flexibility index (Phi) is 4.08. The molecular formula is C15H21N5O2. The van der Waals surface area contributed by atoms with E-state index in [0.29, 0.717) is 24.5 Å². The van der Waals surface area contributed by atoms with Crippen LogP contribution in [-0.2, 0) is 4.74 Å². The van der Waals surface area contributed by atoms with Crippen molar-refractivity contribution in [3.05, 3.63) is 29.2 Å². The minimum absolute atomic E-state index is 0.0322. The molecule has 0 aromatic carbocycles. The zero-order valence-corrected chi connectivity index (χ0v) is 13.2. The second kappa shape index (κ2) is 6.02. The van der Waals surface area contributed by atoms with Crippen LogP contribution in [0.4, 0.5) is 0 Å². The molecule has 118 valence electrons. The molecule has 3 heterocycles. The lowest BCUT2D eigenvalue weighted by atomic mass is 10.2. The minimum Gasteiger partial charge on any atom is -0.374 e. The third kappa shape index (κ3) is 3.10. The maximum Gasteiger partial charge on any atom is 0.270 e. The number of hydrogen-bond acceptors (Lipinski definition) is 5. The third-order valence-electron chi connectivity index (χ3n) is 3.79. The van der Waals surface area contributed by atoms with Crippen LogP contribution in [0.25, 0.3) is 5.65 Å². The first kappa shape index (κ1) is 14.9. The Labute approximate surface area is 129 Å². The van der Waals surface area contributed by atoms with Gasteiger partial charge in [0.15, 0.2) is 5.65 Å². The smallest absolute Gasteiger partial charge is 0.270 e. The summed E-state index contributed by atoms with van der Waals surface area (Å²) < 4.78 is 7.38. The number of amides is 1. The fourth-order valence-corrected chi connectivity index (χ4v) is 2.64. The van der Waals surface area contributed by atoms with E-state index in [-0.39, 0.29) is 12.0 Å². The van der Waals surface area contributed by atoms with Gasteiger partial charge in [0.1, 0.15) is 5.69 Å². The van der Waals surface area contributed by atoms with E-state index in [9.17, 15) is 4.79 Å². The van der Waals surface area contributed by atoms with Crippen LogP contribution in [0.3, 0.4) is 0 Å². The van der Waals surface area contributed by atoms with Crippen LogP contribution in [0.1, 0.15) is 21.9 Å². The predicted octanol–water partition coefficient (Wildman–Crippen LogP) is 0.407. The molecule has 0 radical (unpaired) electrons. The molecule has 1 amide bonds. The molecule has 1 aliphatic rings. The number of aromatic nitrogens is 3. The molecule has 1 N–H and O–H groups in total. The lowest BCUT2D eigenvalue weighted by Crippen LogP contribution is -2.46. The van der Waals surface area contributed by atoms with Crippen molar-refractivity contribution in [2.75, 3.05) is 33.3 Å². The molecule has 0 bridgehead atoms. The van der Waals surface area contributed by atoms with Crippen molar-refractivity contribution < 1.29 is 9.53 Å². The Morgan fingerprint density at radius 3 is 3.05 bits per heavy atom. The number of morpholine rings is 1. The van der Waals surface area contributed by atoms with E-state index in [1.807, 2.05) is 19.9 Å². The summed E-state index contributed by atoms with van der Waals surface area (Å²) >= 11 is 0. The van der Waals surface area contributed by atoms with E-state index in [1.54, 1.807) is 10.6 Å². The SMILES string of the molecule is Cc1cc2nc(C(=O)NC[C@@H]3CN(C)CCO3)cc(C)n2n1. The number of nitrogens with zero attached hydrogens (tertiary/aromatic N) is 4. The van der Waals surface area contributed by atoms with Gasteiger partial charge in [-0.1, -0.05) is 0 Å². The van der Waals surface area contributed by atoms with Crippen LogP contribution < -0.4 is 5.32 Å². The first-order chi connectivity index (χ1) is 10.5. The summed E-state index contributed by atoms with van der Waals surface area (Å²) in [5.41, 5.74) is 2.87. The largest absolute Gasteiger partial charge is 0.374 e. The van der Waals surface area contributed by atoms with E-state index in [1.165, 1.54) is 0 Å². The van der Waals surface area contributed by atoms with Gasteiger partial charge in [-0.3, -0.25) is 4.79 Å². The number of carbonyl (C=O) groups is 1. The second-order valence-electron chi connectivity index (χ2n) is 5.80. The van der Waals surface area contributed by atoms with E-state index in [4.69, 9.17) is 4.74 Å². The van der Waals surface area contributed by atoms with Gasteiger partial charge >= 0.3 is 0 Å². The normalized spacial score (nSPS) is 19.5. The van der Waals surface area contributed by atoms with Crippen molar-refractivity contribution in [3.8, 4) is 0 Å². The number of carbonyl (C=O) groups excluding carboxylic acids is 1. The Bertz CT molecular complexity index is 697. The van der Waals surface area contributed by atoms with Gasteiger partial charge in [0.2, 0.25) is 0 Å². The van der Waals surface area contributed by atoms with Crippen molar-refractivity contribution >= 4 is 11.6 Å². The van der Waals surface area contributed by atoms with Crippen LogP contribution >= 0.6 is 0 Å². The number of ether oxygens (including phenoxy) is 1. The number of rotatable bonds is 3. The first-order valence-electron chi connectivity index (χ1n) is 7.45. The standard InChI is InChI=1S/C15H21N5O2/c1-10-6-14-17-13(7-11(2)20(14)18-10)15(21)16-8-12-9-19(3)4-5-22-12/h6-7,12H,4-5,8-9H2,1-3H3,(H,16,21)/t12-/m1/s1. The van der Waals surface area contributed by atoms with E-state index >= 15 is 0 Å². The Hall–Kier alpha value is -1.99. The van der Waals surface area contributed by atoms with Crippen molar-refractivity contribution in [1.82, 2.24) is 24.8 Å². The summed E-state index contributed by atoms with van der Waals surface area (Å²) in [5.74, 6) is -0.179. The van der Waals surface area contributed by atoms with Crippen molar-refractivity contribution in [2.45, 2.75) is 20.0 Å². The molecule has 3 rings (SSSR count). The monoisotopic (exact) mass is 303 g/mol. The number of likely N-dealkylation sites (N-methyl/N-ethyl adjacent to an activating group) is 1. The number of hydrogen-bond donors (Lipinski definition) is 1. The van der Waals surface area contributed by atoms with Crippen LogP contribution in [0.5, 0.6) is 0 Å². The average Bonchev–Trinajstić information content (AvgIpc) is 2.86. The van der Waals surface area contributed by atoms with Gasteiger partial charge in [-0.25, -0.2) is 9.50 Å². The average molecular weight is 303 g/mol. The zero-order chi connectivity index (χ0) is 15.7. The summed E-state index contributed by atoms with van der Waals surface area (Å²) in [7, 11) is 2.05. The molecule has 7 nitrogen and oxygen atoms in total. The second-order valence-corrected chi connectivity index (χ2v) is 5.80. The van der Waals surface area contributed by atoms with E-state index in [0.717, 1.165) is 24.5 Å². The highest BCUT2D eigenvalue weighted by atomic mass is 16.5. The highest BCUT2D eigenvalue weighted by molar-refractivity contribution is 5.92. The number of nitrogens with one attached hydrogen (secondary N) is 1. The molecule has 0 aliphatic carbocycles. The molecule has 0 spiro atoms. The Morgan fingerprint density at radius 2 is 2.27 bits per heavy atom. The summed E-state index contributed by atoms with van der Waals surface area (Å²) in [6.07, 6.45) is 0.0322. The minimum atomic E-state index is -0.179. The van der Waals surface area contributed by atoms with Crippen LogP contribution in [-0.4, -0.2) is 64.8 Å². The van der Waals surface area contributed by atoms with Crippen LogP contribution in [0, 0.1) is 13.8 Å². The molecule has 7 heteroatoms. The van der Waals surface area contributed by atoms with Gasteiger partial charge in [0.05, 0.1) is 18.4 Å². The number of aryl methyl sites for hydroxylation is 2. The van der Waals surface area contributed by atoms with E-state index < -0.39 is 0 Å². The molecule has 1 atom stereocenters. The molecule has 1 aliphatic heterocycles. The summed E-state index contributed by atoms with van der Waals surface area (Å²) in [6.45, 7) is 6.78. The van der Waals surface area contributed by atoms with Crippen LogP contribution in [0.2, 0.25) is 0 Å². The molecule has 1 saturated heterocycles. The molecule has 22 heavy (non-hydrogen) atoms. The molecular weight excluding hydrogens is 282 g/mol. The fourth-order valence-electron chi connectivity index (χ4n) is 2.64. The Balaban J connectivity index is 1.69. The topological polar surface area (TPSA) is 71.8 Å². The van der Waals surface area contributed by atoms with Gasteiger partial charge < -0.3 is 15.0 Å². The third-order valence-corrected chi connectivity index (χ3v) is 3.79. The van der Waals surface area contributed by atoms with E-state index in [2.05, 4.69) is 27.3 Å². The molecule has 2 aromatic rings. The molecule has 0 unspecified atom stereocenters. The summed E-state index contributed by atoms with van der Waals surface area (Å²) in [5, 5.41) is 7.24. The van der Waals surface area contributed by atoms with Crippen molar-refractivity contribution in [2.24, 2.45) is 0 Å². The first-order valence-corrected chi connectivity index (χ1v) is 7.45. The lowest BCUT2D eigenvalue weighted by molar-refractivity contribution is -0.0175. The van der Waals surface area contributed by atoms with Gasteiger partial charge in [-0.05, 0) is 27.0 Å². The number of fused-ring (bicyclic) bond motifs is 1. The summed E-state index contributed by atoms with van der Waals surface area (Å²) in [4.78, 5) is 18.9. The maximum absolute atomic E-state index is 12.3. The zero-order valence-electron chi connectivity index (χ0n) is 13.2. The molecule has 0 saturated carbocycles. The van der Waals surface area contributed by atoms with Gasteiger partial charge in [0.25, 0.3) is 5.91 Å². The van der Waals surface area contributed by atoms with Crippen molar-refractivity contribution in [1.29, 1.82) is 0 Å². The highest BCUT2D eigenvalue weighted by Crippen LogP contribution is 2.09. The molecule has 2 aromatic heterocycles. The Morgan fingerprint density at radius 1 is 1.45 bits per heavy atom.